The third-order valence-corrected chi connectivity index (χ3v) is 10.2. The topological polar surface area (TPSA) is 84.4 Å². The van der Waals surface area contributed by atoms with E-state index in [0.29, 0.717) is 38.8 Å². The van der Waals surface area contributed by atoms with Crippen molar-refractivity contribution in [1.82, 2.24) is 9.88 Å². The van der Waals surface area contributed by atoms with E-state index in [1.807, 2.05) is 25.1 Å². The number of anilines is 1. The van der Waals surface area contributed by atoms with Crippen molar-refractivity contribution in [3.8, 4) is 17.0 Å². The Morgan fingerprint density at radius 2 is 1.80 bits per heavy atom. The monoisotopic (exact) mass is 627 g/mol. The van der Waals surface area contributed by atoms with Gasteiger partial charge in [0.05, 0.1) is 17.7 Å². The molecule has 8 nitrogen and oxygen atoms in total. The first-order valence-corrected chi connectivity index (χ1v) is 17.1. The van der Waals surface area contributed by atoms with Gasteiger partial charge < -0.3 is 24.2 Å². The molecule has 46 heavy (non-hydrogen) atoms. The molecule has 3 aliphatic rings. The van der Waals surface area contributed by atoms with E-state index in [1.165, 1.54) is 22.3 Å². The minimum atomic E-state index is -0.786. The highest BCUT2D eigenvalue weighted by molar-refractivity contribution is 5.72. The first-order chi connectivity index (χ1) is 22.4. The van der Waals surface area contributed by atoms with Gasteiger partial charge in [-0.05, 0) is 98.4 Å². The van der Waals surface area contributed by atoms with Crippen LogP contribution in [-0.4, -0.2) is 79.1 Å². The zero-order valence-electron chi connectivity index (χ0n) is 27.7. The van der Waals surface area contributed by atoms with Gasteiger partial charge in [-0.3, -0.25) is 9.69 Å². The van der Waals surface area contributed by atoms with Crippen molar-refractivity contribution in [2.75, 3.05) is 50.9 Å². The van der Waals surface area contributed by atoms with Gasteiger partial charge >= 0.3 is 5.97 Å². The average Bonchev–Trinajstić information content (AvgIpc) is 3.31. The van der Waals surface area contributed by atoms with Crippen LogP contribution in [0.1, 0.15) is 60.4 Å². The van der Waals surface area contributed by atoms with E-state index in [2.05, 4.69) is 54.0 Å². The lowest BCUT2D eigenvalue weighted by Crippen LogP contribution is -2.48. The van der Waals surface area contributed by atoms with Crippen LogP contribution in [0, 0.1) is 19.8 Å². The Kier molecular flexibility index (Phi) is 10.6. The van der Waals surface area contributed by atoms with Crippen molar-refractivity contribution in [1.29, 1.82) is 0 Å². The Morgan fingerprint density at radius 3 is 2.61 bits per heavy atom. The largest absolute Gasteiger partial charge is 0.488 e. The summed E-state index contributed by atoms with van der Waals surface area (Å²) < 4.78 is 18.3. The maximum Gasteiger partial charge on any atom is 0.309 e. The zero-order valence-corrected chi connectivity index (χ0v) is 27.7. The fourth-order valence-electron chi connectivity index (χ4n) is 7.44. The maximum absolute atomic E-state index is 11.9. The number of carboxylic acid groups (broad SMARTS) is 1. The second-order valence-corrected chi connectivity index (χ2v) is 13.1. The first kappa shape index (κ1) is 32.5. The Morgan fingerprint density at radius 1 is 1.00 bits per heavy atom. The molecule has 2 unspecified atom stereocenters. The van der Waals surface area contributed by atoms with Gasteiger partial charge in [0.25, 0.3) is 0 Å². The molecule has 0 spiro atoms. The summed E-state index contributed by atoms with van der Waals surface area (Å²) in [7, 11) is 0. The minimum absolute atomic E-state index is 0.358. The van der Waals surface area contributed by atoms with Gasteiger partial charge in [0.1, 0.15) is 18.2 Å². The van der Waals surface area contributed by atoms with Crippen LogP contribution in [0.25, 0.3) is 11.3 Å². The van der Waals surface area contributed by atoms with Gasteiger partial charge in [0.2, 0.25) is 0 Å². The van der Waals surface area contributed by atoms with E-state index in [4.69, 9.17) is 19.2 Å². The molecule has 8 heteroatoms. The number of piperidine rings is 1. The number of carboxylic acids is 1. The Hall–Kier alpha value is -3.46. The second kappa shape index (κ2) is 15.0. The number of hydrogen-bond donors (Lipinski definition) is 1. The van der Waals surface area contributed by atoms with E-state index < -0.39 is 11.9 Å². The molecular weight excluding hydrogens is 578 g/mol. The van der Waals surface area contributed by atoms with Gasteiger partial charge in [-0.15, -0.1) is 0 Å². The molecule has 2 fully saturated rings. The molecule has 1 N–H and O–H groups in total. The molecule has 2 saturated heterocycles. The lowest BCUT2D eigenvalue weighted by atomic mass is 9.93. The average molecular weight is 628 g/mol. The zero-order chi connectivity index (χ0) is 32.0. The fourth-order valence-corrected chi connectivity index (χ4v) is 7.44. The quantitative estimate of drug-likeness (QED) is 0.283. The van der Waals surface area contributed by atoms with Crippen LogP contribution in [0.3, 0.4) is 0 Å². The van der Waals surface area contributed by atoms with Gasteiger partial charge in [-0.2, -0.15) is 0 Å². The van der Waals surface area contributed by atoms with Crippen molar-refractivity contribution in [2.45, 2.75) is 78.0 Å². The molecule has 2 atom stereocenters. The van der Waals surface area contributed by atoms with E-state index in [1.54, 1.807) is 0 Å². The van der Waals surface area contributed by atoms with Crippen LogP contribution >= 0.6 is 0 Å². The lowest BCUT2D eigenvalue weighted by Gasteiger charge is -2.37. The molecule has 0 aliphatic carbocycles. The predicted molar refractivity (Wildman–Crippen MR) is 181 cm³/mol. The number of nitrogens with zero attached hydrogens (tertiary/aromatic N) is 3. The summed E-state index contributed by atoms with van der Waals surface area (Å²) >= 11 is 0. The SMILES string of the molecule is CCCOC1CN(c2cccc(-c3cccc(C)c3OCc3ccc4c(c3C)CCN(C3CCOCC3)CC4)n2)CCC1C(=O)O. The van der Waals surface area contributed by atoms with Crippen LogP contribution < -0.4 is 9.64 Å². The third-order valence-electron chi connectivity index (χ3n) is 10.2. The highest BCUT2D eigenvalue weighted by atomic mass is 16.5. The summed E-state index contributed by atoms with van der Waals surface area (Å²) in [6, 6.07) is 17.5. The number of fused-ring (bicyclic) bond motifs is 1. The highest BCUT2D eigenvalue weighted by Gasteiger charge is 2.35. The molecule has 0 radical (unpaired) electrons. The van der Waals surface area contributed by atoms with Gasteiger partial charge in [0, 0.05) is 57.6 Å². The summed E-state index contributed by atoms with van der Waals surface area (Å²) in [5, 5.41) is 9.76. The third kappa shape index (κ3) is 7.24. The van der Waals surface area contributed by atoms with Crippen molar-refractivity contribution >= 4 is 11.8 Å². The molecule has 3 aromatic rings. The predicted octanol–water partition coefficient (Wildman–Crippen LogP) is 6.23. The van der Waals surface area contributed by atoms with Gasteiger partial charge in [-0.25, -0.2) is 4.98 Å². The molecule has 3 aliphatic heterocycles. The van der Waals surface area contributed by atoms with E-state index in [0.717, 1.165) is 86.8 Å². The van der Waals surface area contributed by atoms with Crippen LogP contribution in [0.5, 0.6) is 5.75 Å². The summed E-state index contributed by atoms with van der Waals surface area (Å²) in [6.45, 7) is 12.6. The molecule has 0 amide bonds. The molecule has 0 bridgehead atoms. The Labute approximate surface area is 273 Å². The Balaban J connectivity index is 1.18. The summed E-state index contributed by atoms with van der Waals surface area (Å²) in [6.07, 6.45) is 5.48. The van der Waals surface area contributed by atoms with Crippen molar-refractivity contribution in [3.05, 3.63) is 76.3 Å². The number of aryl methyl sites for hydroxylation is 1. The number of aromatic nitrogens is 1. The fraction of sp³-hybridized carbons (Fsp3) is 0.526. The molecule has 2 aromatic carbocycles. The number of rotatable bonds is 10. The van der Waals surface area contributed by atoms with Crippen LogP contribution in [0.2, 0.25) is 0 Å². The number of carbonyl (C=O) groups is 1. The smallest absolute Gasteiger partial charge is 0.309 e. The van der Waals surface area contributed by atoms with Crippen molar-refractivity contribution < 1.29 is 24.1 Å². The highest BCUT2D eigenvalue weighted by Crippen LogP contribution is 2.35. The summed E-state index contributed by atoms with van der Waals surface area (Å²) in [4.78, 5) is 21.8. The molecule has 4 heterocycles. The van der Waals surface area contributed by atoms with Gasteiger partial charge in [0.15, 0.2) is 0 Å². The molecule has 0 saturated carbocycles. The van der Waals surface area contributed by atoms with Crippen molar-refractivity contribution in [3.63, 3.8) is 0 Å². The first-order valence-electron chi connectivity index (χ1n) is 17.1. The van der Waals surface area contributed by atoms with E-state index in [9.17, 15) is 9.90 Å². The van der Waals surface area contributed by atoms with Crippen LogP contribution in [-0.2, 0) is 33.7 Å². The molecule has 6 rings (SSSR count). The number of pyridine rings is 1. The standard InChI is InChI=1S/C38H49N3O5/c1-4-21-45-35-24-41(20-15-33(35)38(42)43)36-10-6-9-34(39-36)32-8-5-7-26(2)37(32)46-25-29-12-11-28-13-18-40(19-14-31(28)27(29)3)30-16-22-44-23-17-30/h5-12,30,33,35H,4,13-25H2,1-3H3,(H,42,43). The number of para-hydroxylation sites is 1. The number of hydrogen-bond acceptors (Lipinski definition) is 7. The minimum Gasteiger partial charge on any atom is -0.488 e. The summed E-state index contributed by atoms with van der Waals surface area (Å²) in [5.41, 5.74) is 8.42. The Bertz CT molecular complexity index is 1500. The number of ether oxygens (including phenoxy) is 3. The second-order valence-electron chi connectivity index (χ2n) is 13.1. The molecule has 1 aromatic heterocycles. The molecular formula is C38H49N3O5. The maximum atomic E-state index is 11.9. The lowest BCUT2D eigenvalue weighted by molar-refractivity contribution is -0.148. The number of benzene rings is 2. The van der Waals surface area contributed by atoms with E-state index >= 15 is 0 Å². The normalized spacial score (nSPS) is 21.1. The van der Waals surface area contributed by atoms with Crippen LogP contribution in [0.4, 0.5) is 5.82 Å². The molecule has 246 valence electrons. The van der Waals surface area contributed by atoms with Crippen molar-refractivity contribution in [2.24, 2.45) is 5.92 Å². The van der Waals surface area contributed by atoms with Gasteiger partial charge in [-0.1, -0.05) is 37.3 Å². The number of aliphatic carboxylic acids is 1. The summed E-state index contributed by atoms with van der Waals surface area (Å²) in [5.74, 6) is 0.395. The van der Waals surface area contributed by atoms with E-state index in [-0.39, 0.29) is 6.10 Å². The van der Waals surface area contributed by atoms with Crippen LogP contribution in [0.15, 0.2) is 48.5 Å².